The van der Waals surface area contributed by atoms with E-state index in [2.05, 4.69) is 67.8 Å². The van der Waals surface area contributed by atoms with E-state index in [1.807, 2.05) is 24.3 Å². The normalized spacial score (nSPS) is 23.2. The lowest BCUT2D eigenvalue weighted by molar-refractivity contribution is -0.151. The fourth-order valence-corrected chi connectivity index (χ4v) is 12.0. The zero-order chi connectivity index (χ0) is 24.9. The van der Waals surface area contributed by atoms with Gasteiger partial charge in [0.2, 0.25) is 0 Å². The molecule has 7 nitrogen and oxygen atoms in total. The van der Waals surface area contributed by atoms with E-state index >= 15 is 0 Å². The minimum Gasteiger partial charge on any atom is -0.744 e. The molecular formula is C21H12I5O7S-. The Morgan fingerprint density at radius 1 is 0.794 bits per heavy atom. The first-order valence-corrected chi connectivity index (χ1v) is 16.4. The molecule has 0 amide bonds. The van der Waals surface area contributed by atoms with Gasteiger partial charge in [-0.2, -0.15) is 0 Å². The number of rotatable bonds is 5. The van der Waals surface area contributed by atoms with E-state index in [1.165, 1.54) is 12.1 Å². The molecule has 2 aliphatic rings. The van der Waals surface area contributed by atoms with Crippen LogP contribution in [0.2, 0.25) is 0 Å². The second kappa shape index (κ2) is 10.8. The number of allylic oxidation sites excluding steroid dienone is 2. The van der Waals surface area contributed by atoms with Crippen molar-refractivity contribution in [3.05, 3.63) is 54.3 Å². The Morgan fingerprint density at radius 2 is 1.26 bits per heavy atom. The molecule has 2 aliphatic carbocycles. The Balaban J connectivity index is 1.58. The highest BCUT2D eigenvalue weighted by Gasteiger charge is 2.53. The molecule has 1 saturated carbocycles. The quantitative estimate of drug-likeness (QED) is 0.127. The van der Waals surface area contributed by atoms with Gasteiger partial charge in [0.15, 0.2) is 5.75 Å². The predicted molar refractivity (Wildman–Crippen MR) is 163 cm³/mol. The summed E-state index contributed by atoms with van der Waals surface area (Å²) in [6, 6.07) is 6.48. The summed E-state index contributed by atoms with van der Waals surface area (Å²) in [6.45, 7) is 0. The van der Waals surface area contributed by atoms with Crippen LogP contribution in [0.15, 0.2) is 41.3 Å². The highest BCUT2D eigenvalue weighted by atomic mass is 127. The molecule has 1 fully saturated rings. The molecule has 0 aromatic heterocycles. The van der Waals surface area contributed by atoms with Crippen molar-refractivity contribution in [1.29, 1.82) is 0 Å². The van der Waals surface area contributed by atoms with E-state index in [0.29, 0.717) is 12.2 Å². The molecule has 0 N–H and O–H groups in total. The van der Waals surface area contributed by atoms with Crippen molar-refractivity contribution in [3.8, 4) is 11.5 Å². The monoisotopic (exact) mass is 1040 g/mol. The summed E-state index contributed by atoms with van der Waals surface area (Å²) in [5, 5.41) is 0. The van der Waals surface area contributed by atoms with Crippen LogP contribution in [0, 0.1) is 41.5 Å². The maximum absolute atomic E-state index is 13.2. The third-order valence-corrected chi connectivity index (χ3v) is 11.2. The average molecular weight is 1040 g/mol. The Labute approximate surface area is 264 Å². The van der Waals surface area contributed by atoms with E-state index in [4.69, 9.17) is 9.47 Å². The summed E-state index contributed by atoms with van der Waals surface area (Å²) < 4.78 is 48.8. The number of halogens is 5. The SMILES string of the molecule is O=C(Oc1cc(I)c(S(=O)(=O)[O-])c(I)c1)C1C2C=CC(C2)C1C(=O)Oc1c(I)cc(I)cc1I. The van der Waals surface area contributed by atoms with E-state index in [9.17, 15) is 22.6 Å². The summed E-state index contributed by atoms with van der Waals surface area (Å²) in [7, 11) is -4.67. The average Bonchev–Trinajstić information content (AvgIpc) is 3.30. The zero-order valence-corrected chi connectivity index (χ0v) is 28.2. The number of hydrogen-bond acceptors (Lipinski definition) is 7. The highest BCUT2D eigenvalue weighted by Crippen LogP contribution is 2.49. The third kappa shape index (κ3) is 5.73. The molecule has 13 heteroatoms. The second-order valence-electron chi connectivity index (χ2n) is 7.71. The largest absolute Gasteiger partial charge is 0.744 e. The van der Waals surface area contributed by atoms with Crippen LogP contribution < -0.4 is 9.47 Å². The number of fused-ring (bicyclic) bond motifs is 2. The van der Waals surface area contributed by atoms with E-state index in [1.54, 1.807) is 45.2 Å². The first-order valence-electron chi connectivity index (χ1n) is 9.58. The van der Waals surface area contributed by atoms with Crippen molar-refractivity contribution < 1.29 is 32.0 Å². The van der Waals surface area contributed by atoms with Gasteiger partial charge < -0.3 is 14.0 Å². The summed E-state index contributed by atoms with van der Waals surface area (Å²) in [5.41, 5.74) is 0. The van der Waals surface area contributed by atoms with Gasteiger partial charge in [0.05, 0.1) is 23.9 Å². The Hall–Kier alpha value is 0.680. The van der Waals surface area contributed by atoms with Gasteiger partial charge in [0.25, 0.3) is 0 Å². The van der Waals surface area contributed by atoms with Crippen molar-refractivity contribution in [3.63, 3.8) is 0 Å². The molecule has 2 aromatic carbocycles. The molecule has 2 bridgehead atoms. The summed E-state index contributed by atoms with van der Waals surface area (Å²) >= 11 is 9.88. The van der Waals surface area contributed by atoms with Gasteiger partial charge in [0, 0.05) is 10.7 Å². The lowest BCUT2D eigenvalue weighted by atomic mass is 9.83. The molecule has 34 heavy (non-hydrogen) atoms. The first kappa shape index (κ1) is 27.7. The predicted octanol–water partition coefficient (Wildman–Crippen LogP) is 5.56. The van der Waals surface area contributed by atoms with Crippen LogP contribution in [0.3, 0.4) is 0 Å². The van der Waals surface area contributed by atoms with Crippen molar-refractivity contribution in [2.45, 2.75) is 11.3 Å². The fourth-order valence-electron chi connectivity index (χ4n) is 4.28. The second-order valence-corrected chi connectivity index (χ2v) is 14.9. The number of esters is 2. The molecular weight excluding hydrogens is 1030 g/mol. The molecule has 0 saturated heterocycles. The molecule has 0 spiro atoms. The topological polar surface area (TPSA) is 110 Å². The molecule has 0 radical (unpaired) electrons. The number of hydrogen-bond donors (Lipinski definition) is 0. The van der Waals surface area contributed by atoms with Crippen molar-refractivity contribution in [2.24, 2.45) is 23.7 Å². The fraction of sp³-hybridized carbons (Fsp3) is 0.238. The van der Waals surface area contributed by atoms with Crippen molar-refractivity contribution in [1.82, 2.24) is 0 Å². The minimum atomic E-state index is -4.67. The number of carbonyl (C=O) groups excluding carboxylic acids is 2. The number of benzene rings is 2. The van der Waals surface area contributed by atoms with Crippen LogP contribution in [0.5, 0.6) is 11.5 Å². The maximum Gasteiger partial charge on any atom is 0.315 e. The molecule has 0 heterocycles. The van der Waals surface area contributed by atoms with Crippen LogP contribution in [0.4, 0.5) is 0 Å². The molecule has 0 aliphatic heterocycles. The van der Waals surface area contributed by atoms with E-state index in [0.717, 1.165) is 10.7 Å². The Kier molecular flexibility index (Phi) is 8.81. The number of ether oxygens (including phenoxy) is 2. The molecule has 180 valence electrons. The lowest BCUT2D eigenvalue weighted by Gasteiger charge is -2.25. The van der Waals surface area contributed by atoms with Gasteiger partial charge in [-0.15, -0.1) is 0 Å². The summed E-state index contributed by atoms with van der Waals surface area (Å²) in [5.74, 6) is -2.15. The van der Waals surface area contributed by atoms with Gasteiger partial charge in [-0.3, -0.25) is 9.59 Å². The van der Waals surface area contributed by atoms with Gasteiger partial charge in [0.1, 0.15) is 15.9 Å². The number of carbonyl (C=O) groups is 2. The highest BCUT2D eigenvalue weighted by molar-refractivity contribution is 14.1. The van der Waals surface area contributed by atoms with Gasteiger partial charge in [-0.25, -0.2) is 8.42 Å². The van der Waals surface area contributed by atoms with Crippen LogP contribution in [0.1, 0.15) is 6.42 Å². The van der Waals surface area contributed by atoms with Crippen molar-refractivity contribution in [2.75, 3.05) is 0 Å². The smallest absolute Gasteiger partial charge is 0.315 e. The van der Waals surface area contributed by atoms with Gasteiger partial charge in [-0.1, -0.05) is 12.2 Å². The lowest BCUT2D eigenvalue weighted by Crippen LogP contribution is -2.37. The molecule has 2 aromatic rings. The summed E-state index contributed by atoms with van der Waals surface area (Å²) in [6.07, 6.45) is 4.53. The van der Waals surface area contributed by atoms with E-state index in [-0.39, 0.29) is 29.6 Å². The van der Waals surface area contributed by atoms with Gasteiger partial charge in [-0.05, 0) is 155 Å². The molecule has 4 unspecified atom stereocenters. The van der Waals surface area contributed by atoms with Crippen LogP contribution in [-0.2, 0) is 19.7 Å². The molecule has 4 atom stereocenters. The Morgan fingerprint density at radius 3 is 1.74 bits per heavy atom. The molecule has 4 rings (SSSR count). The maximum atomic E-state index is 13.2. The first-order chi connectivity index (χ1) is 15.9. The minimum absolute atomic E-state index is 0.117. The third-order valence-electron chi connectivity index (χ3n) is 5.61. The van der Waals surface area contributed by atoms with Crippen LogP contribution in [0.25, 0.3) is 0 Å². The van der Waals surface area contributed by atoms with E-state index < -0.39 is 33.9 Å². The van der Waals surface area contributed by atoms with Crippen LogP contribution in [-0.4, -0.2) is 24.9 Å². The van der Waals surface area contributed by atoms with Crippen molar-refractivity contribution >= 4 is 135 Å². The summed E-state index contributed by atoms with van der Waals surface area (Å²) in [4.78, 5) is 26.1. The Bertz CT molecular complexity index is 1300. The standard InChI is InChI=1S/C21H13I5O7S/c22-10-4-12(23)18(13(24)5-10)33-21(28)17-9-2-1-8(3-9)16(17)20(27)32-11-6-14(25)19(15(26)7-11)34(29,30)31/h1-2,4-9,16-17H,3H2,(H,29,30,31)/p-1. The zero-order valence-electron chi connectivity index (χ0n) is 16.6. The van der Waals surface area contributed by atoms with Crippen LogP contribution >= 0.6 is 113 Å². The van der Waals surface area contributed by atoms with Gasteiger partial charge >= 0.3 is 11.9 Å².